The average Bonchev–Trinajstić information content (AvgIpc) is 2.61. The van der Waals surface area contributed by atoms with Crippen molar-refractivity contribution in [3.8, 4) is 17.2 Å². The number of nitrogens with one attached hydrogen (secondary N) is 2. The topological polar surface area (TPSA) is 68.8 Å². The average molecular weight is 385 g/mol. The largest absolute Gasteiger partial charge is 0.496 e. The van der Waals surface area contributed by atoms with E-state index in [1.807, 2.05) is 0 Å². The lowest BCUT2D eigenvalue weighted by Gasteiger charge is -2.12. The molecule has 0 bridgehead atoms. The van der Waals surface area contributed by atoms with Crippen LogP contribution in [0.15, 0.2) is 36.4 Å². The Morgan fingerprint density at radius 2 is 1.56 bits per heavy atom. The minimum absolute atomic E-state index is 0.264. The Labute approximate surface area is 156 Å². The standard InChI is InChI=1S/C17H18Cl2N2O4/c1-23-11-8-12(24-2)10-13(9-11)25-7-6-20-17(22)21-16-14(18)4-3-5-15(16)19/h3-5,8-10H,6-7H2,1-2H3,(H2,20,21,22). The third kappa shape index (κ3) is 5.62. The van der Waals surface area contributed by atoms with Gasteiger partial charge < -0.3 is 24.8 Å². The van der Waals surface area contributed by atoms with Crippen molar-refractivity contribution in [1.29, 1.82) is 0 Å². The second kappa shape index (κ2) is 9.25. The van der Waals surface area contributed by atoms with Crippen LogP contribution in [0.5, 0.6) is 17.2 Å². The van der Waals surface area contributed by atoms with E-state index in [1.54, 1.807) is 50.6 Å². The maximum atomic E-state index is 11.9. The number of para-hydroxylation sites is 1. The van der Waals surface area contributed by atoms with Gasteiger partial charge in [0, 0.05) is 18.2 Å². The van der Waals surface area contributed by atoms with Crippen LogP contribution in [0.4, 0.5) is 10.5 Å². The molecule has 0 atom stereocenters. The van der Waals surface area contributed by atoms with Gasteiger partial charge in [0.05, 0.1) is 36.5 Å². The van der Waals surface area contributed by atoms with Crippen LogP contribution in [0.3, 0.4) is 0 Å². The molecule has 0 spiro atoms. The summed E-state index contributed by atoms with van der Waals surface area (Å²) in [6.07, 6.45) is 0. The third-order valence-corrected chi connectivity index (χ3v) is 3.81. The summed E-state index contributed by atoms with van der Waals surface area (Å²) in [6, 6.07) is 9.75. The van der Waals surface area contributed by atoms with Gasteiger partial charge in [-0.15, -0.1) is 0 Å². The minimum atomic E-state index is -0.429. The first kappa shape index (κ1) is 19.0. The number of hydrogen-bond acceptors (Lipinski definition) is 4. The molecule has 0 aromatic heterocycles. The number of rotatable bonds is 7. The quantitative estimate of drug-likeness (QED) is 0.701. The molecule has 0 saturated carbocycles. The molecule has 2 N–H and O–H groups in total. The second-order valence-corrected chi connectivity index (χ2v) is 5.69. The van der Waals surface area contributed by atoms with E-state index in [-0.39, 0.29) is 13.2 Å². The smallest absolute Gasteiger partial charge is 0.319 e. The lowest BCUT2D eigenvalue weighted by molar-refractivity contribution is 0.247. The first-order valence-corrected chi connectivity index (χ1v) is 8.14. The Hall–Kier alpha value is -2.31. The fourth-order valence-electron chi connectivity index (χ4n) is 1.97. The number of ether oxygens (including phenoxy) is 3. The number of urea groups is 1. The van der Waals surface area contributed by atoms with Crippen LogP contribution < -0.4 is 24.8 Å². The number of hydrogen-bond donors (Lipinski definition) is 2. The van der Waals surface area contributed by atoms with E-state index >= 15 is 0 Å². The molecular formula is C17H18Cl2N2O4. The predicted octanol–water partition coefficient (Wildman–Crippen LogP) is 4.21. The van der Waals surface area contributed by atoms with E-state index < -0.39 is 6.03 Å². The van der Waals surface area contributed by atoms with Crippen LogP contribution in [0, 0.1) is 0 Å². The van der Waals surface area contributed by atoms with Gasteiger partial charge in [-0.05, 0) is 12.1 Å². The van der Waals surface area contributed by atoms with Crippen molar-refractivity contribution in [2.75, 3.05) is 32.7 Å². The zero-order valence-electron chi connectivity index (χ0n) is 13.8. The summed E-state index contributed by atoms with van der Waals surface area (Å²) in [5.74, 6) is 1.81. The van der Waals surface area contributed by atoms with Crippen molar-refractivity contribution in [3.05, 3.63) is 46.4 Å². The van der Waals surface area contributed by atoms with E-state index in [0.29, 0.717) is 33.0 Å². The maximum Gasteiger partial charge on any atom is 0.319 e. The number of halogens is 2. The summed E-state index contributed by atoms with van der Waals surface area (Å²) in [4.78, 5) is 11.9. The Kier molecular flexibility index (Phi) is 7.03. The number of carbonyl (C=O) groups is 1. The van der Waals surface area contributed by atoms with Crippen LogP contribution in [-0.2, 0) is 0 Å². The van der Waals surface area contributed by atoms with Crippen molar-refractivity contribution < 1.29 is 19.0 Å². The summed E-state index contributed by atoms with van der Waals surface area (Å²) < 4.78 is 15.9. The molecule has 25 heavy (non-hydrogen) atoms. The predicted molar refractivity (Wildman–Crippen MR) is 98.5 cm³/mol. The molecule has 0 radical (unpaired) electrons. The summed E-state index contributed by atoms with van der Waals surface area (Å²) >= 11 is 12.0. The monoisotopic (exact) mass is 384 g/mol. The third-order valence-electron chi connectivity index (χ3n) is 3.18. The lowest BCUT2D eigenvalue weighted by atomic mass is 10.3. The summed E-state index contributed by atoms with van der Waals surface area (Å²) in [7, 11) is 3.12. The zero-order chi connectivity index (χ0) is 18.2. The van der Waals surface area contributed by atoms with Crippen molar-refractivity contribution in [1.82, 2.24) is 5.32 Å². The molecule has 6 nitrogen and oxygen atoms in total. The molecule has 0 aliphatic rings. The number of anilines is 1. The highest BCUT2D eigenvalue weighted by Gasteiger charge is 2.09. The molecule has 8 heteroatoms. The highest BCUT2D eigenvalue weighted by atomic mass is 35.5. The summed E-state index contributed by atoms with van der Waals surface area (Å²) in [5.41, 5.74) is 0.363. The van der Waals surface area contributed by atoms with Gasteiger partial charge in [-0.3, -0.25) is 0 Å². The molecule has 0 aliphatic carbocycles. The highest BCUT2D eigenvalue weighted by Crippen LogP contribution is 2.29. The first-order chi connectivity index (χ1) is 12.0. The maximum absolute atomic E-state index is 11.9. The molecule has 0 unspecified atom stereocenters. The molecule has 0 saturated heterocycles. The molecule has 2 amide bonds. The fourth-order valence-corrected chi connectivity index (χ4v) is 2.47. The van der Waals surface area contributed by atoms with E-state index in [0.717, 1.165) is 0 Å². The molecule has 0 heterocycles. The van der Waals surface area contributed by atoms with Crippen molar-refractivity contribution in [3.63, 3.8) is 0 Å². The van der Waals surface area contributed by atoms with Crippen molar-refractivity contribution in [2.24, 2.45) is 0 Å². The van der Waals surface area contributed by atoms with Crippen LogP contribution in [0.1, 0.15) is 0 Å². The first-order valence-electron chi connectivity index (χ1n) is 7.38. The Morgan fingerprint density at radius 3 is 2.12 bits per heavy atom. The van der Waals surface area contributed by atoms with Crippen LogP contribution in [0.25, 0.3) is 0 Å². The molecule has 2 rings (SSSR count). The van der Waals surface area contributed by atoms with E-state index in [1.165, 1.54) is 0 Å². The van der Waals surface area contributed by atoms with Gasteiger partial charge in [-0.2, -0.15) is 0 Å². The van der Waals surface area contributed by atoms with Crippen molar-refractivity contribution >= 4 is 34.9 Å². The second-order valence-electron chi connectivity index (χ2n) is 4.87. The number of benzene rings is 2. The minimum Gasteiger partial charge on any atom is -0.496 e. The summed E-state index contributed by atoms with van der Waals surface area (Å²) in [5, 5.41) is 5.99. The van der Waals surface area contributed by atoms with Gasteiger partial charge in [-0.25, -0.2) is 4.79 Å². The van der Waals surface area contributed by atoms with Crippen LogP contribution in [0.2, 0.25) is 10.0 Å². The van der Waals surface area contributed by atoms with Gasteiger partial charge in [0.15, 0.2) is 0 Å². The Balaban J connectivity index is 1.82. The zero-order valence-corrected chi connectivity index (χ0v) is 15.3. The molecule has 0 aliphatic heterocycles. The number of amides is 2. The Bertz CT molecular complexity index is 698. The number of carbonyl (C=O) groups excluding carboxylic acids is 1. The van der Waals surface area contributed by atoms with Crippen molar-refractivity contribution in [2.45, 2.75) is 0 Å². The van der Waals surface area contributed by atoms with E-state index in [4.69, 9.17) is 37.4 Å². The number of methoxy groups -OCH3 is 2. The molecule has 2 aromatic rings. The van der Waals surface area contributed by atoms with Gasteiger partial charge in [0.25, 0.3) is 0 Å². The van der Waals surface area contributed by atoms with Crippen LogP contribution >= 0.6 is 23.2 Å². The summed E-state index contributed by atoms with van der Waals surface area (Å²) in [6.45, 7) is 0.549. The van der Waals surface area contributed by atoms with Gasteiger partial charge in [-0.1, -0.05) is 29.3 Å². The lowest BCUT2D eigenvalue weighted by Crippen LogP contribution is -2.32. The Morgan fingerprint density at radius 1 is 1.00 bits per heavy atom. The van der Waals surface area contributed by atoms with Gasteiger partial charge in [0.2, 0.25) is 0 Å². The normalized spacial score (nSPS) is 10.1. The molecule has 134 valence electrons. The molecule has 2 aromatic carbocycles. The molecular weight excluding hydrogens is 367 g/mol. The van der Waals surface area contributed by atoms with E-state index in [9.17, 15) is 4.79 Å². The highest BCUT2D eigenvalue weighted by molar-refractivity contribution is 6.39. The van der Waals surface area contributed by atoms with Gasteiger partial charge >= 0.3 is 6.03 Å². The van der Waals surface area contributed by atoms with Crippen LogP contribution in [-0.4, -0.2) is 33.4 Å². The van der Waals surface area contributed by atoms with Gasteiger partial charge in [0.1, 0.15) is 23.9 Å². The van der Waals surface area contributed by atoms with E-state index in [2.05, 4.69) is 10.6 Å². The molecule has 0 fully saturated rings. The fraction of sp³-hybridized carbons (Fsp3) is 0.235. The SMILES string of the molecule is COc1cc(OC)cc(OCCNC(=O)Nc2c(Cl)cccc2Cl)c1.